The van der Waals surface area contributed by atoms with Crippen LogP contribution >= 0.6 is 0 Å². The summed E-state index contributed by atoms with van der Waals surface area (Å²) in [5, 5.41) is 7.24. The summed E-state index contributed by atoms with van der Waals surface area (Å²) >= 11 is 0. The second kappa shape index (κ2) is 7.86. The second-order valence-corrected chi connectivity index (χ2v) is 8.43. The van der Waals surface area contributed by atoms with E-state index in [1.807, 2.05) is 4.90 Å². The lowest BCUT2D eigenvalue weighted by atomic mass is 9.87. The van der Waals surface area contributed by atoms with Gasteiger partial charge in [0.25, 0.3) is 0 Å². The predicted octanol–water partition coefficient (Wildman–Crippen LogP) is 4.24. The van der Waals surface area contributed by atoms with Crippen molar-refractivity contribution in [2.24, 2.45) is 17.6 Å². The highest BCUT2D eigenvalue weighted by atomic mass is 19.4. The van der Waals surface area contributed by atoms with Crippen molar-refractivity contribution < 1.29 is 13.2 Å². The van der Waals surface area contributed by atoms with Crippen LogP contribution < -0.4 is 10.6 Å². The molecular weight excluding hydrogens is 393 g/mol. The van der Waals surface area contributed by atoms with E-state index < -0.39 is 11.7 Å². The van der Waals surface area contributed by atoms with Crippen LogP contribution in [0.1, 0.15) is 32.3 Å². The lowest BCUT2D eigenvalue weighted by molar-refractivity contribution is -0.137. The summed E-state index contributed by atoms with van der Waals surface area (Å²) in [6, 6.07) is 5.85. The minimum absolute atomic E-state index is 0.0350. The molecule has 1 aliphatic rings. The van der Waals surface area contributed by atoms with Gasteiger partial charge in [0, 0.05) is 30.7 Å². The zero-order valence-electron chi connectivity index (χ0n) is 16.9. The van der Waals surface area contributed by atoms with Crippen LogP contribution in [0, 0.1) is 11.8 Å². The van der Waals surface area contributed by atoms with Crippen LogP contribution in [0.15, 0.2) is 30.5 Å². The molecule has 9 heteroatoms. The molecule has 30 heavy (non-hydrogen) atoms. The van der Waals surface area contributed by atoms with Crippen LogP contribution in [0.3, 0.4) is 0 Å². The number of H-pyrrole nitrogens is 1. The molecule has 3 aromatic rings. The molecule has 0 amide bonds. The molecule has 2 atom stereocenters. The number of nitrogens with zero attached hydrogens (tertiary/aromatic N) is 4. The minimum Gasteiger partial charge on any atom is -0.355 e. The number of pyridine rings is 2. The number of halogens is 3. The molecule has 1 aliphatic heterocycles. The van der Waals surface area contributed by atoms with Gasteiger partial charge in [0.1, 0.15) is 11.5 Å². The van der Waals surface area contributed by atoms with Crippen LogP contribution in [0.4, 0.5) is 19.0 Å². The van der Waals surface area contributed by atoms with Gasteiger partial charge >= 0.3 is 6.18 Å². The first-order valence-electron chi connectivity index (χ1n) is 10.1. The zero-order valence-corrected chi connectivity index (χ0v) is 16.9. The standard InChI is InChI=1S/C21H25F3N6/c1-12(2)8-13-9-14(25)11-30(10-13)17-6-5-16(21(22,23)24)19(27-17)18-15-4-3-7-26-20(15)29-28-18/h3-7,12-14H,8-11,25H2,1-2H3,(H,26,28,29)/t13-,14-/m1/s1. The third-order valence-corrected chi connectivity index (χ3v) is 5.45. The number of rotatable bonds is 4. The van der Waals surface area contributed by atoms with Gasteiger partial charge in [-0.15, -0.1) is 0 Å². The smallest absolute Gasteiger partial charge is 0.355 e. The van der Waals surface area contributed by atoms with E-state index in [1.54, 1.807) is 18.3 Å². The first kappa shape index (κ1) is 20.6. The summed E-state index contributed by atoms with van der Waals surface area (Å²) in [7, 11) is 0. The average molecular weight is 418 g/mol. The van der Waals surface area contributed by atoms with Crippen molar-refractivity contribution >= 4 is 16.9 Å². The van der Waals surface area contributed by atoms with E-state index in [1.165, 1.54) is 6.07 Å². The van der Waals surface area contributed by atoms with Gasteiger partial charge in [-0.05, 0) is 48.9 Å². The first-order chi connectivity index (χ1) is 14.2. The van der Waals surface area contributed by atoms with Crippen molar-refractivity contribution in [1.29, 1.82) is 0 Å². The number of hydrogen-bond acceptors (Lipinski definition) is 5. The maximum atomic E-state index is 13.8. The maximum absolute atomic E-state index is 13.8. The van der Waals surface area contributed by atoms with Gasteiger partial charge in [0.15, 0.2) is 5.65 Å². The van der Waals surface area contributed by atoms with E-state index in [0.717, 1.165) is 25.5 Å². The van der Waals surface area contributed by atoms with Gasteiger partial charge in [0.05, 0.1) is 11.3 Å². The quantitative estimate of drug-likeness (QED) is 0.662. The molecule has 0 radical (unpaired) electrons. The number of hydrogen-bond donors (Lipinski definition) is 2. The fraction of sp³-hybridized carbons (Fsp3) is 0.476. The molecule has 3 aromatic heterocycles. The second-order valence-electron chi connectivity index (χ2n) is 8.43. The molecule has 3 N–H and O–H groups in total. The number of fused-ring (bicyclic) bond motifs is 1. The third kappa shape index (κ3) is 4.12. The number of nitrogens with one attached hydrogen (secondary N) is 1. The Morgan fingerprint density at radius 1 is 1.23 bits per heavy atom. The molecule has 4 heterocycles. The molecule has 0 aromatic carbocycles. The summed E-state index contributed by atoms with van der Waals surface area (Å²) in [5.74, 6) is 1.41. The van der Waals surface area contributed by atoms with Crippen molar-refractivity contribution in [3.8, 4) is 11.4 Å². The van der Waals surface area contributed by atoms with Crippen LogP contribution in [0.2, 0.25) is 0 Å². The number of anilines is 1. The Morgan fingerprint density at radius 3 is 2.77 bits per heavy atom. The average Bonchev–Trinajstić information content (AvgIpc) is 3.10. The third-order valence-electron chi connectivity index (χ3n) is 5.45. The van der Waals surface area contributed by atoms with E-state index in [2.05, 4.69) is 34.0 Å². The van der Waals surface area contributed by atoms with Crippen molar-refractivity contribution in [3.63, 3.8) is 0 Å². The lowest BCUT2D eigenvalue weighted by Crippen LogP contribution is -2.47. The molecule has 0 aliphatic carbocycles. The highest BCUT2D eigenvalue weighted by molar-refractivity contribution is 5.90. The van der Waals surface area contributed by atoms with Crippen molar-refractivity contribution in [2.75, 3.05) is 18.0 Å². The normalized spacial score (nSPS) is 20.3. The van der Waals surface area contributed by atoms with E-state index >= 15 is 0 Å². The lowest BCUT2D eigenvalue weighted by Gasteiger charge is -2.38. The number of piperidine rings is 1. The number of aromatic nitrogens is 4. The molecule has 1 saturated heterocycles. The van der Waals surface area contributed by atoms with Crippen molar-refractivity contribution in [3.05, 3.63) is 36.0 Å². The Balaban J connectivity index is 1.77. The molecule has 1 fully saturated rings. The largest absolute Gasteiger partial charge is 0.418 e. The number of alkyl halides is 3. The Labute approximate surface area is 172 Å². The first-order valence-corrected chi connectivity index (χ1v) is 10.1. The van der Waals surface area contributed by atoms with Crippen LogP contribution in [-0.4, -0.2) is 39.3 Å². The van der Waals surface area contributed by atoms with Gasteiger partial charge in [-0.25, -0.2) is 9.97 Å². The number of nitrogens with two attached hydrogens (primary N) is 1. The fourth-order valence-electron chi connectivity index (χ4n) is 4.35. The van der Waals surface area contributed by atoms with Gasteiger partial charge < -0.3 is 10.6 Å². The van der Waals surface area contributed by atoms with Crippen LogP contribution in [-0.2, 0) is 6.18 Å². The fourth-order valence-corrected chi connectivity index (χ4v) is 4.35. The monoisotopic (exact) mass is 418 g/mol. The molecule has 4 rings (SSSR count). The Hall–Kier alpha value is -2.68. The molecule has 0 spiro atoms. The number of aromatic amines is 1. The molecular formula is C21H25F3N6. The van der Waals surface area contributed by atoms with E-state index in [9.17, 15) is 13.2 Å². The SMILES string of the molecule is CC(C)C[C@@H]1C[C@@H](N)CN(c2ccc(C(F)(F)F)c(-c3[nH]nc4ncccc34)n2)C1. The van der Waals surface area contributed by atoms with Gasteiger partial charge in [-0.3, -0.25) is 5.10 Å². The molecule has 6 nitrogen and oxygen atoms in total. The summed E-state index contributed by atoms with van der Waals surface area (Å²) < 4.78 is 41.3. The Morgan fingerprint density at radius 2 is 2.03 bits per heavy atom. The maximum Gasteiger partial charge on any atom is 0.418 e. The summed E-state index contributed by atoms with van der Waals surface area (Å²) in [4.78, 5) is 10.6. The molecule has 0 unspecified atom stereocenters. The van der Waals surface area contributed by atoms with E-state index in [-0.39, 0.29) is 17.4 Å². The van der Waals surface area contributed by atoms with Crippen molar-refractivity contribution in [2.45, 2.75) is 38.9 Å². The minimum atomic E-state index is -4.54. The molecule has 0 saturated carbocycles. The van der Waals surface area contributed by atoms with Crippen LogP contribution in [0.25, 0.3) is 22.4 Å². The summed E-state index contributed by atoms with van der Waals surface area (Å²) in [6.07, 6.45) is -1.06. The Bertz CT molecular complexity index is 1030. The summed E-state index contributed by atoms with van der Waals surface area (Å²) in [6.45, 7) is 5.62. The topological polar surface area (TPSA) is 83.7 Å². The highest BCUT2D eigenvalue weighted by Crippen LogP contribution is 2.39. The van der Waals surface area contributed by atoms with E-state index in [4.69, 9.17) is 5.73 Å². The zero-order chi connectivity index (χ0) is 21.5. The van der Waals surface area contributed by atoms with Gasteiger partial charge in [-0.2, -0.15) is 18.3 Å². The Kier molecular flexibility index (Phi) is 5.40. The van der Waals surface area contributed by atoms with E-state index in [0.29, 0.717) is 35.2 Å². The molecule has 160 valence electrons. The summed E-state index contributed by atoms with van der Waals surface area (Å²) in [5.41, 5.74) is 5.85. The van der Waals surface area contributed by atoms with Gasteiger partial charge in [0.2, 0.25) is 0 Å². The van der Waals surface area contributed by atoms with Crippen molar-refractivity contribution in [1.82, 2.24) is 20.2 Å². The molecule has 0 bridgehead atoms. The van der Waals surface area contributed by atoms with Gasteiger partial charge in [-0.1, -0.05) is 13.8 Å². The highest BCUT2D eigenvalue weighted by Gasteiger charge is 2.36. The predicted molar refractivity (Wildman–Crippen MR) is 110 cm³/mol. The van der Waals surface area contributed by atoms with Crippen LogP contribution in [0.5, 0.6) is 0 Å².